The Morgan fingerprint density at radius 1 is 1.29 bits per heavy atom. The van der Waals surface area contributed by atoms with Crippen LogP contribution in [-0.4, -0.2) is 14.9 Å². The number of nitrogens with zero attached hydrogens (tertiary/aromatic N) is 2. The van der Waals surface area contributed by atoms with Crippen LogP contribution in [0.5, 0.6) is 5.88 Å². The highest BCUT2D eigenvalue weighted by atomic mass is 16.3. The first-order valence-corrected chi connectivity index (χ1v) is 7.88. The molecular formula is C18H26N2O. The van der Waals surface area contributed by atoms with Crippen LogP contribution in [0.15, 0.2) is 24.3 Å². The maximum atomic E-state index is 10.5. The van der Waals surface area contributed by atoms with Gasteiger partial charge >= 0.3 is 0 Å². The third kappa shape index (κ3) is 3.66. The molecule has 0 aliphatic rings. The summed E-state index contributed by atoms with van der Waals surface area (Å²) in [5.41, 5.74) is 4.22. The molecule has 1 aromatic carbocycles. The number of unbranched alkanes of at least 4 members (excludes halogenated alkanes) is 1. The number of rotatable bonds is 6. The second-order valence-electron chi connectivity index (χ2n) is 6.19. The van der Waals surface area contributed by atoms with Crippen LogP contribution >= 0.6 is 0 Å². The summed E-state index contributed by atoms with van der Waals surface area (Å²) >= 11 is 0. The van der Waals surface area contributed by atoms with Gasteiger partial charge in [0.05, 0.1) is 5.69 Å². The summed E-state index contributed by atoms with van der Waals surface area (Å²) in [4.78, 5) is 0. The molecule has 3 heteroatoms. The highest BCUT2D eigenvalue weighted by molar-refractivity contribution is 5.66. The average Bonchev–Trinajstić information content (AvgIpc) is 2.73. The molecule has 0 atom stereocenters. The predicted octanol–water partition coefficient (Wildman–Crippen LogP) is 4.56. The van der Waals surface area contributed by atoms with Crippen LogP contribution in [0.25, 0.3) is 11.3 Å². The summed E-state index contributed by atoms with van der Waals surface area (Å²) in [6.07, 6.45) is 2.98. The van der Waals surface area contributed by atoms with Gasteiger partial charge in [0, 0.05) is 17.7 Å². The molecule has 2 aromatic rings. The first-order valence-electron chi connectivity index (χ1n) is 7.88. The van der Waals surface area contributed by atoms with E-state index in [0.29, 0.717) is 11.8 Å². The first kappa shape index (κ1) is 15.6. The van der Waals surface area contributed by atoms with Gasteiger partial charge in [-0.3, -0.25) is 0 Å². The Balaban J connectivity index is 2.47. The molecule has 0 radical (unpaired) electrons. The number of aromatic nitrogens is 2. The molecule has 1 heterocycles. The van der Waals surface area contributed by atoms with Crippen molar-refractivity contribution in [2.75, 3.05) is 0 Å². The van der Waals surface area contributed by atoms with E-state index >= 15 is 0 Å². The molecule has 0 bridgehead atoms. The van der Waals surface area contributed by atoms with E-state index in [4.69, 9.17) is 0 Å². The third-order valence-corrected chi connectivity index (χ3v) is 3.65. The van der Waals surface area contributed by atoms with Gasteiger partial charge in [-0.1, -0.05) is 51.0 Å². The lowest BCUT2D eigenvalue weighted by Gasteiger charge is -2.06. The van der Waals surface area contributed by atoms with Gasteiger partial charge in [0.15, 0.2) is 0 Å². The number of hydrogen-bond acceptors (Lipinski definition) is 2. The maximum Gasteiger partial charge on any atom is 0.213 e. The normalized spacial score (nSPS) is 11.3. The molecule has 0 aliphatic carbocycles. The van der Waals surface area contributed by atoms with Crippen molar-refractivity contribution < 1.29 is 5.11 Å². The summed E-state index contributed by atoms with van der Waals surface area (Å²) in [7, 11) is 0. The Labute approximate surface area is 127 Å². The summed E-state index contributed by atoms with van der Waals surface area (Å²) < 4.78 is 1.76. The van der Waals surface area contributed by atoms with Gasteiger partial charge in [0.2, 0.25) is 5.88 Å². The van der Waals surface area contributed by atoms with E-state index in [1.54, 1.807) is 4.68 Å². The molecule has 1 N–H and O–H groups in total. The summed E-state index contributed by atoms with van der Waals surface area (Å²) in [5.74, 6) is 0.831. The second kappa shape index (κ2) is 6.79. The van der Waals surface area contributed by atoms with E-state index in [1.807, 2.05) is 6.07 Å². The molecule has 0 saturated heterocycles. The van der Waals surface area contributed by atoms with Gasteiger partial charge in [-0.05, 0) is 31.7 Å². The van der Waals surface area contributed by atoms with Crippen molar-refractivity contribution in [1.29, 1.82) is 0 Å². The van der Waals surface area contributed by atoms with Crippen LogP contribution in [0.3, 0.4) is 0 Å². The van der Waals surface area contributed by atoms with E-state index < -0.39 is 0 Å². The molecule has 21 heavy (non-hydrogen) atoms. The van der Waals surface area contributed by atoms with Crippen molar-refractivity contribution in [3.05, 3.63) is 35.4 Å². The van der Waals surface area contributed by atoms with Crippen molar-refractivity contribution in [3.63, 3.8) is 0 Å². The van der Waals surface area contributed by atoms with Crippen molar-refractivity contribution in [2.45, 2.75) is 53.5 Å². The van der Waals surface area contributed by atoms with Crippen LogP contribution < -0.4 is 0 Å². The summed E-state index contributed by atoms with van der Waals surface area (Å²) in [5, 5.41) is 15.2. The Kier molecular flexibility index (Phi) is 5.05. The topological polar surface area (TPSA) is 38.0 Å². The van der Waals surface area contributed by atoms with Crippen LogP contribution in [0.4, 0.5) is 0 Å². The molecule has 0 unspecified atom stereocenters. The molecule has 2 rings (SSSR count). The van der Waals surface area contributed by atoms with E-state index in [1.165, 1.54) is 5.56 Å². The van der Waals surface area contributed by atoms with Crippen molar-refractivity contribution in [2.24, 2.45) is 5.92 Å². The Morgan fingerprint density at radius 2 is 2.05 bits per heavy atom. The molecule has 0 saturated carbocycles. The fraction of sp³-hybridized carbons (Fsp3) is 0.500. The molecule has 0 fully saturated rings. The fourth-order valence-corrected chi connectivity index (χ4v) is 2.57. The number of benzene rings is 1. The minimum Gasteiger partial charge on any atom is -0.493 e. The van der Waals surface area contributed by atoms with E-state index in [2.05, 4.69) is 51.0 Å². The lowest BCUT2D eigenvalue weighted by molar-refractivity contribution is 0.387. The van der Waals surface area contributed by atoms with Crippen LogP contribution in [0.1, 0.15) is 44.7 Å². The van der Waals surface area contributed by atoms with Crippen molar-refractivity contribution >= 4 is 0 Å². The third-order valence-electron chi connectivity index (χ3n) is 3.65. The first-order chi connectivity index (χ1) is 10.0. The zero-order chi connectivity index (χ0) is 15.4. The van der Waals surface area contributed by atoms with Gasteiger partial charge in [0.25, 0.3) is 0 Å². The standard InChI is InChI=1S/C18H26N2O/c1-5-6-10-20-18(21)16(11-13(2)3)17(19-20)15-9-7-8-14(4)12-15/h7-9,12-13,21H,5-6,10-11H2,1-4H3. The minimum absolute atomic E-state index is 0.341. The fourth-order valence-electron chi connectivity index (χ4n) is 2.57. The van der Waals surface area contributed by atoms with Crippen molar-refractivity contribution in [3.8, 4) is 17.1 Å². The maximum absolute atomic E-state index is 10.5. The Morgan fingerprint density at radius 3 is 2.67 bits per heavy atom. The average molecular weight is 286 g/mol. The SMILES string of the molecule is CCCCn1nc(-c2cccc(C)c2)c(CC(C)C)c1O. The number of hydrogen-bond donors (Lipinski definition) is 1. The van der Waals surface area contributed by atoms with E-state index in [0.717, 1.165) is 42.6 Å². The largest absolute Gasteiger partial charge is 0.493 e. The summed E-state index contributed by atoms with van der Waals surface area (Å²) in [6, 6.07) is 8.34. The molecule has 0 amide bonds. The Hall–Kier alpha value is -1.77. The van der Waals surface area contributed by atoms with Gasteiger partial charge in [-0.15, -0.1) is 0 Å². The molecule has 1 aromatic heterocycles. The highest BCUT2D eigenvalue weighted by Crippen LogP contribution is 2.32. The van der Waals surface area contributed by atoms with Crippen LogP contribution in [0.2, 0.25) is 0 Å². The second-order valence-corrected chi connectivity index (χ2v) is 6.19. The smallest absolute Gasteiger partial charge is 0.213 e. The lowest BCUT2D eigenvalue weighted by Crippen LogP contribution is -1.99. The predicted molar refractivity (Wildman–Crippen MR) is 87.5 cm³/mol. The zero-order valence-corrected chi connectivity index (χ0v) is 13.6. The molecule has 3 nitrogen and oxygen atoms in total. The molecule has 114 valence electrons. The molecular weight excluding hydrogens is 260 g/mol. The van der Waals surface area contributed by atoms with Crippen molar-refractivity contribution in [1.82, 2.24) is 9.78 Å². The Bertz CT molecular complexity index is 599. The summed E-state index contributed by atoms with van der Waals surface area (Å²) in [6.45, 7) is 9.35. The van der Waals surface area contributed by atoms with Gasteiger partial charge in [-0.2, -0.15) is 5.10 Å². The minimum atomic E-state index is 0.341. The van der Waals surface area contributed by atoms with Gasteiger partial charge in [0.1, 0.15) is 0 Å². The zero-order valence-electron chi connectivity index (χ0n) is 13.6. The highest BCUT2D eigenvalue weighted by Gasteiger charge is 2.19. The van der Waals surface area contributed by atoms with E-state index in [-0.39, 0.29) is 0 Å². The quantitative estimate of drug-likeness (QED) is 0.845. The van der Waals surface area contributed by atoms with Crippen LogP contribution in [0, 0.1) is 12.8 Å². The molecule has 0 aliphatic heterocycles. The number of aryl methyl sites for hydroxylation is 2. The van der Waals surface area contributed by atoms with Crippen LogP contribution in [-0.2, 0) is 13.0 Å². The number of aromatic hydroxyl groups is 1. The monoisotopic (exact) mass is 286 g/mol. The van der Waals surface area contributed by atoms with E-state index in [9.17, 15) is 5.11 Å². The van der Waals surface area contributed by atoms with Gasteiger partial charge < -0.3 is 5.11 Å². The van der Waals surface area contributed by atoms with Gasteiger partial charge in [-0.25, -0.2) is 4.68 Å². The lowest BCUT2D eigenvalue weighted by atomic mass is 9.99. The molecule has 0 spiro atoms.